The first-order chi connectivity index (χ1) is 16.4. The molecule has 3 aromatic rings. The summed E-state index contributed by atoms with van der Waals surface area (Å²) in [6, 6.07) is 12.9. The molecule has 0 saturated carbocycles. The van der Waals surface area contributed by atoms with Crippen molar-refractivity contribution >= 4 is 34.1 Å². The summed E-state index contributed by atoms with van der Waals surface area (Å²) in [6.07, 6.45) is 0.431. The van der Waals surface area contributed by atoms with E-state index < -0.39 is 23.7 Å². The summed E-state index contributed by atoms with van der Waals surface area (Å²) < 4.78 is 18.6. The van der Waals surface area contributed by atoms with Crippen LogP contribution < -0.4 is 11.1 Å². The van der Waals surface area contributed by atoms with Gasteiger partial charge in [0.1, 0.15) is 16.4 Å². The van der Waals surface area contributed by atoms with E-state index in [1.54, 1.807) is 29.3 Å². The lowest BCUT2D eigenvalue weighted by Gasteiger charge is -2.34. The Balaban J connectivity index is 1.57. The van der Waals surface area contributed by atoms with Crippen molar-refractivity contribution in [2.45, 2.75) is 25.9 Å². The van der Waals surface area contributed by atoms with Gasteiger partial charge in [0, 0.05) is 17.5 Å². The predicted octanol–water partition coefficient (Wildman–Crippen LogP) is 3.58. The van der Waals surface area contributed by atoms with Crippen LogP contribution in [-0.2, 0) is 27.3 Å². The number of benzene rings is 2. The standard InChI is InChI=1S/C25H24FN3O4S/c1-2-33-25(32)22-19(15-7-9-18(26)10-8-15)14-34-24(22)28-21(30)13-29-12-17-6-4-3-5-16(17)11-20(29)23(27)31/h3-10,14,20H,2,11-13H2,1H3,(H2,27,31)(H,28,30)/t20-/m0/s1. The summed E-state index contributed by atoms with van der Waals surface area (Å²) in [5.41, 5.74) is 9.07. The van der Waals surface area contributed by atoms with E-state index in [9.17, 15) is 18.8 Å². The molecule has 0 bridgehead atoms. The van der Waals surface area contributed by atoms with E-state index in [0.29, 0.717) is 29.1 Å². The number of fused-ring (bicyclic) bond motifs is 1. The fourth-order valence-corrected chi connectivity index (χ4v) is 5.05. The smallest absolute Gasteiger partial charge is 0.341 e. The maximum Gasteiger partial charge on any atom is 0.341 e. The van der Waals surface area contributed by atoms with Gasteiger partial charge >= 0.3 is 5.97 Å². The number of esters is 1. The fourth-order valence-electron chi connectivity index (χ4n) is 4.07. The molecule has 7 nitrogen and oxygen atoms in total. The maximum atomic E-state index is 13.4. The number of amides is 2. The van der Waals surface area contributed by atoms with Crippen LogP contribution in [0.25, 0.3) is 11.1 Å². The molecule has 0 spiro atoms. The van der Waals surface area contributed by atoms with Crippen LogP contribution in [0.3, 0.4) is 0 Å². The molecule has 1 atom stereocenters. The van der Waals surface area contributed by atoms with Crippen LogP contribution in [0, 0.1) is 5.82 Å². The minimum absolute atomic E-state index is 0.0754. The number of primary amides is 1. The molecule has 4 rings (SSSR count). The first-order valence-electron chi connectivity index (χ1n) is 10.8. The number of hydrogen-bond acceptors (Lipinski definition) is 6. The van der Waals surface area contributed by atoms with Gasteiger partial charge in [-0.3, -0.25) is 14.5 Å². The highest BCUT2D eigenvalue weighted by Crippen LogP contribution is 2.36. The molecule has 9 heteroatoms. The lowest BCUT2D eigenvalue weighted by Crippen LogP contribution is -2.50. The minimum Gasteiger partial charge on any atom is -0.462 e. The molecule has 1 aliphatic rings. The Morgan fingerprint density at radius 2 is 1.85 bits per heavy atom. The monoisotopic (exact) mass is 481 g/mol. The normalized spacial score (nSPS) is 15.4. The molecule has 2 amide bonds. The van der Waals surface area contributed by atoms with Crippen molar-refractivity contribution in [1.29, 1.82) is 0 Å². The highest BCUT2D eigenvalue weighted by Gasteiger charge is 2.32. The van der Waals surface area contributed by atoms with Gasteiger partial charge in [0.2, 0.25) is 11.8 Å². The molecular formula is C25H24FN3O4S. The summed E-state index contributed by atoms with van der Waals surface area (Å²) in [4.78, 5) is 39.5. The molecule has 34 heavy (non-hydrogen) atoms. The largest absolute Gasteiger partial charge is 0.462 e. The van der Waals surface area contributed by atoms with Gasteiger partial charge in [-0.25, -0.2) is 9.18 Å². The third-order valence-electron chi connectivity index (χ3n) is 5.70. The van der Waals surface area contributed by atoms with Crippen LogP contribution >= 0.6 is 11.3 Å². The summed E-state index contributed by atoms with van der Waals surface area (Å²) in [5.74, 6) is -1.86. The van der Waals surface area contributed by atoms with E-state index in [1.165, 1.54) is 23.5 Å². The number of nitrogens with one attached hydrogen (secondary N) is 1. The van der Waals surface area contributed by atoms with Crippen molar-refractivity contribution in [2.24, 2.45) is 5.73 Å². The number of halogens is 1. The summed E-state index contributed by atoms with van der Waals surface area (Å²) in [7, 11) is 0. The highest BCUT2D eigenvalue weighted by atomic mass is 32.1. The molecule has 0 fully saturated rings. The van der Waals surface area contributed by atoms with Gasteiger partial charge in [0.15, 0.2) is 0 Å². The number of carbonyl (C=O) groups excluding carboxylic acids is 3. The lowest BCUT2D eigenvalue weighted by atomic mass is 9.93. The highest BCUT2D eigenvalue weighted by molar-refractivity contribution is 7.15. The van der Waals surface area contributed by atoms with Gasteiger partial charge < -0.3 is 15.8 Å². The van der Waals surface area contributed by atoms with Gasteiger partial charge in [-0.1, -0.05) is 36.4 Å². The van der Waals surface area contributed by atoms with Crippen molar-refractivity contribution in [3.63, 3.8) is 0 Å². The van der Waals surface area contributed by atoms with Crippen molar-refractivity contribution in [3.8, 4) is 11.1 Å². The number of nitrogens with zero attached hydrogens (tertiary/aromatic N) is 1. The van der Waals surface area contributed by atoms with E-state index in [0.717, 1.165) is 11.1 Å². The van der Waals surface area contributed by atoms with Gasteiger partial charge in [-0.2, -0.15) is 0 Å². The van der Waals surface area contributed by atoms with Crippen LogP contribution in [0.4, 0.5) is 9.39 Å². The molecule has 0 saturated heterocycles. The van der Waals surface area contributed by atoms with Gasteiger partial charge in [0.25, 0.3) is 0 Å². The molecule has 176 valence electrons. The van der Waals surface area contributed by atoms with E-state index in [4.69, 9.17) is 10.5 Å². The van der Waals surface area contributed by atoms with Crippen molar-refractivity contribution in [2.75, 3.05) is 18.5 Å². The zero-order valence-corrected chi connectivity index (χ0v) is 19.4. The van der Waals surface area contributed by atoms with E-state index in [1.807, 2.05) is 24.3 Å². The second kappa shape index (κ2) is 10.1. The fraction of sp³-hybridized carbons (Fsp3) is 0.240. The Hall–Kier alpha value is -3.56. The quantitative estimate of drug-likeness (QED) is 0.503. The second-order valence-electron chi connectivity index (χ2n) is 7.93. The van der Waals surface area contributed by atoms with E-state index >= 15 is 0 Å². The third kappa shape index (κ3) is 5.00. The molecule has 2 aromatic carbocycles. The number of ether oxygens (including phenoxy) is 1. The molecule has 2 heterocycles. The zero-order chi connectivity index (χ0) is 24.2. The zero-order valence-electron chi connectivity index (χ0n) is 18.5. The van der Waals surface area contributed by atoms with Crippen molar-refractivity contribution < 1.29 is 23.5 Å². The Bertz CT molecular complexity index is 1230. The molecule has 1 aromatic heterocycles. The van der Waals surface area contributed by atoms with Crippen LogP contribution in [0.2, 0.25) is 0 Å². The molecule has 3 N–H and O–H groups in total. The Labute approximate surface area is 200 Å². The molecular weight excluding hydrogens is 457 g/mol. The van der Waals surface area contributed by atoms with Crippen molar-refractivity contribution in [3.05, 3.63) is 76.4 Å². The lowest BCUT2D eigenvalue weighted by molar-refractivity contribution is -0.125. The summed E-state index contributed by atoms with van der Waals surface area (Å²) in [6.45, 7) is 2.19. The molecule has 1 aliphatic heterocycles. The third-order valence-corrected chi connectivity index (χ3v) is 6.60. The van der Waals surface area contributed by atoms with Gasteiger partial charge in [-0.15, -0.1) is 11.3 Å². The van der Waals surface area contributed by atoms with Crippen LogP contribution in [0.15, 0.2) is 53.9 Å². The predicted molar refractivity (Wildman–Crippen MR) is 128 cm³/mol. The molecule has 0 radical (unpaired) electrons. The van der Waals surface area contributed by atoms with Crippen molar-refractivity contribution in [1.82, 2.24) is 4.90 Å². The summed E-state index contributed by atoms with van der Waals surface area (Å²) >= 11 is 1.18. The minimum atomic E-state index is -0.608. The summed E-state index contributed by atoms with van der Waals surface area (Å²) in [5, 5.41) is 4.84. The average molecular weight is 482 g/mol. The van der Waals surface area contributed by atoms with Gasteiger partial charge in [0.05, 0.1) is 19.2 Å². The van der Waals surface area contributed by atoms with Crippen LogP contribution in [0.1, 0.15) is 28.4 Å². The number of nitrogens with two attached hydrogens (primary N) is 1. The molecule has 0 unspecified atom stereocenters. The van der Waals surface area contributed by atoms with Crippen LogP contribution in [-0.4, -0.2) is 41.9 Å². The van der Waals surface area contributed by atoms with Gasteiger partial charge in [-0.05, 0) is 42.2 Å². The maximum absolute atomic E-state index is 13.4. The first-order valence-corrected chi connectivity index (χ1v) is 11.7. The first kappa shape index (κ1) is 23.6. The number of hydrogen-bond donors (Lipinski definition) is 2. The number of anilines is 1. The average Bonchev–Trinajstić information content (AvgIpc) is 3.22. The number of rotatable bonds is 7. The number of thiophene rings is 1. The molecule has 0 aliphatic carbocycles. The SMILES string of the molecule is CCOC(=O)c1c(-c2ccc(F)cc2)csc1NC(=O)CN1Cc2ccccc2C[C@H]1C(N)=O. The second-order valence-corrected chi connectivity index (χ2v) is 8.80. The van der Waals surface area contributed by atoms with E-state index in [2.05, 4.69) is 5.32 Å². The van der Waals surface area contributed by atoms with E-state index in [-0.39, 0.29) is 24.6 Å². The van der Waals surface area contributed by atoms with Crippen LogP contribution in [0.5, 0.6) is 0 Å². The topological polar surface area (TPSA) is 102 Å². The number of carbonyl (C=O) groups is 3. The Morgan fingerprint density at radius 1 is 1.15 bits per heavy atom. The Morgan fingerprint density at radius 3 is 2.53 bits per heavy atom. The Kier molecular flexibility index (Phi) is 7.04.